The van der Waals surface area contributed by atoms with E-state index in [4.69, 9.17) is 28.3 Å². The lowest BCUT2D eigenvalue weighted by Crippen LogP contribution is -1.98. The van der Waals surface area contributed by atoms with Crippen LogP contribution in [-0.2, 0) is 0 Å². The SMILES string of the molecule is [CH2]C(CO)c1ccc(Cl)c(Cl)c1. The first kappa shape index (κ1) is 9.85. The monoisotopic (exact) mass is 203 g/mol. The molecule has 0 aliphatic carbocycles. The van der Waals surface area contributed by atoms with Crippen molar-refractivity contribution in [2.75, 3.05) is 6.61 Å². The number of halogens is 2. The topological polar surface area (TPSA) is 20.2 Å². The molecule has 0 spiro atoms. The van der Waals surface area contributed by atoms with Crippen LogP contribution in [0.4, 0.5) is 0 Å². The second-order valence-electron chi connectivity index (χ2n) is 2.55. The van der Waals surface area contributed by atoms with E-state index in [-0.39, 0.29) is 12.5 Å². The van der Waals surface area contributed by atoms with E-state index in [1.807, 2.05) is 6.07 Å². The van der Waals surface area contributed by atoms with Crippen LogP contribution in [0, 0.1) is 6.92 Å². The quantitative estimate of drug-likeness (QED) is 0.785. The van der Waals surface area contributed by atoms with Gasteiger partial charge in [0, 0.05) is 12.5 Å². The number of hydrogen-bond donors (Lipinski definition) is 1. The molecule has 1 atom stereocenters. The van der Waals surface area contributed by atoms with Crippen LogP contribution in [0.25, 0.3) is 0 Å². The van der Waals surface area contributed by atoms with Crippen molar-refractivity contribution in [3.05, 3.63) is 40.7 Å². The highest BCUT2D eigenvalue weighted by molar-refractivity contribution is 6.42. The first-order chi connectivity index (χ1) is 5.65. The molecule has 1 radical (unpaired) electrons. The fraction of sp³-hybridized carbons (Fsp3) is 0.222. The Kier molecular flexibility index (Phi) is 3.39. The van der Waals surface area contributed by atoms with Crippen molar-refractivity contribution in [2.45, 2.75) is 5.92 Å². The van der Waals surface area contributed by atoms with Gasteiger partial charge in [0.2, 0.25) is 0 Å². The van der Waals surface area contributed by atoms with Crippen molar-refractivity contribution in [3.8, 4) is 0 Å². The normalized spacial score (nSPS) is 13.0. The van der Waals surface area contributed by atoms with E-state index in [9.17, 15) is 0 Å². The van der Waals surface area contributed by atoms with E-state index >= 15 is 0 Å². The highest BCUT2D eigenvalue weighted by Crippen LogP contribution is 2.25. The summed E-state index contributed by atoms with van der Waals surface area (Å²) >= 11 is 11.5. The van der Waals surface area contributed by atoms with Gasteiger partial charge < -0.3 is 5.11 Å². The van der Waals surface area contributed by atoms with Crippen LogP contribution in [0.5, 0.6) is 0 Å². The van der Waals surface area contributed by atoms with Crippen LogP contribution >= 0.6 is 23.2 Å². The summed E-state index contributed by atoms with van der Waals surface area (Å²) in [6, 6.07) is 5.23. The van der Waals surface area contributed by atoms with Crippen molar-refractivity contribution in [1.29, 1.82) is 0 Å². The molecule has 0 amide bonds. The molecule has 1 N–H and O–H groups in total. The summed E-state index contributed by atoms with van der Waals surface area (Å²) in [5.41, 5.74) is 0.895. The molecule has 1 unspecified atom stereocenters. The molecule has 0 saturated heterocycles. The van der Waals surface area contributed by atoms with Crippen molar-refractivity contribution >= 4 is 23.2 Å². The zero-order chi connectivity index (χ0) is 9.14. The van der Waals surface area contributed by atoms with Crippen LogP contribution < -0.4 is 0 Å². The van der Waals surface area contributed by atoms with Crippen molar-refractivity contribution < 1.29 is 5.11 Å². The van der Waals surface area contributed by atoms with E-state index in [1.165, 1.54) is 0 Å². The van der Waals surface area contributed by atoms with E-state index in [1.54, 1.807) is 12.1 Å². The number of rotatable bonds is 2. The van der Waals surface area contributed by atoms with E-state index < -0.39 is 0 Å². The van der Waals surface area contributed by atoms with Gasteiger partial charge in [0.1, 0.15) is 0 Å². The molecule has 0 aliphatic heterocycles. The third kappa shape index (κ3) is 2.13. The van der Waals surface area contributed by atoms with Crippen LogP contribution in [0.2, 0.25) is 10.0 Å². The summed E-state index contributed by atoms with van der Waals surface area (Å²) in [4.78, 5) is 0. The fourth-order valence-electron chi connectivity index (χ4n) is 0.872. The molecule has 0 heterocycles. The standard InChI is InChI=1S/C9H9Cl2O/c1-6(5-12)7-2-3-8(10)9(11)4-7/h2-4,6,12H,1,5H2. The summed E-state index contributed by atoms with van der Waals surface area (Å²) in [6.07, 6.45) is 0. The summed E-state index contributed by atoms with van der Waals surface area (Å²) in [5.74, 6) is -0.139. The minimum absolute atomic E-state index is 0.0119. The predicted molar refractivity (Wildman–Crippen MR) is 51.6 cm³/mol. The van der Waals surface area contributed by atoms with Gasteiger partial charge in [0.05, 0.1) is 10.0 Å². The lowest BCUT2D eigenvalue weighted by molar-refractivity contribution is 0.282. The van der Waals surface area contributed by atoms with Crippen LogP contribution in [0.1, 0.15) is 11.5 Å². The largest absolute Gasteiger partial charge is 0.396 e. The van der Waals surface area contributed by atoms with Gasteiger partial charge in [-0.2, -0.15) is 0 Å². The van der Waals surface area contributed by atoms with Gasteiger partial charge in [0.25, 0.3) is 0 Å². The maximum Gasteiger partial charge on any atom is 0.0595 e. The first-order valence-corrected chi connectivity index (χ1v) is 4.29. The highest BCUT2D eigenvalue weighted by Gasteiger charge is 2.05. The number of benzene rings is 1. The Hall–Kier alpha value is -0.240. The molecule has 0 aliphatic rings. The molecule has 1 aromatic rings. The Labute approximate surface area is 81.9 Å². The first-order valence-electron chi connectivity index (χ1n) is 3.54. The molecule has 1 nitrogen and oxygen atoms in total. The second-order valence-corrected chi connectivity index (χ2v) is 3.37. The van der Waals surface area contributed by atoms with Gasteiger partial charge in [-0.25, -0.2) is 0 Å². The minimum Gasteiger partial charge on any atom is -0.396 e. The maximum atomic E-state index is 8.81. The molecule has 0 bridgehead atoms. The third-order valence-electron chi connectivity index (χ3n) is 1.64. The van der Waals surface area contributed by atoms with Gasteiger partial charge in [-0.15, -0.1) is 0 Å². The van der Waals surface area contributed by atoms with Crippen LogP contribution in [0.3, 0.4) is 0 Å². The van der Waals surface area contributed by atoms with E-state index in [0.29, 0.717) is 10.0 Å². The Morgan fingerprint density at radius 3 is 2.50 bits per heavy atom. The van der Waals surface area contributed by atoms with Crippen LogP contribution in [-0.4, -0.2) is 11.7 Å². The van der Waals surface area contributed by atoms with Crippen LogP contribution in [0.15, 0.2) is 18.2 Å². The molecular weight excluding hydrogens is 195 g/mol. The van der Waals surface area contributed by atoms with Crippen molar-refractivity contribution in [1.82, 2.24) is 0 Å². The smallest absolute Gasteiger partial charge is 0.0595 e. The summed E-state index contributed by atoms with van der Waals surface area (Å²) in [6.45, 7) is 3.76. The summed E-state index contributed by atoms with van der Waals surface area (Å²) in [5, 5.41) is 9.83. The average molecular weight is 204 g/mol. The van der Waals surface area contributed by atoms with Gasteiger partial charge in [0.15, 0.2) is 0 Å². The number of hydrogen-bond acceptors (Lipinski definition) is 1. The lowest BCUT2D eigenvalue weighted by atomic mass is 10.0. The van der Waals surface area contributed by atoms with Gasteiger partial charge in [-0.3, -0.25) is 0 Å². The summed E-state index contributed by atoms with van der Waals surface area (Å²) < 4.78 is 0. The van der Waals surface area contributed by atoms with Gasteiger partial charge >= 0.3 is 0 Å². The Balaban J connectivity index is 2.96. The second kappa shape index (κ2) is 4.13. The van der Waals surface area contributed by atoms with E-state index in [2.05, 4.69) is 6.92 Å². The Morgan fingerprint density at radius 2 is 2.00 bits per heavy atom. The van der Waals surface area contributed by atoms with Gasteiger partial charge in [-0.05, 0) is 24.6 Å². The summed E-state index contributed by atoms with van der Waals surface area (Å²) in [7, 11) is 0. The zero-order valence-electron chi connectivity index (χ0n) is 6.43. The lowest BCUT2D eigenvalue weighted by Gasteiger charge is -2.08. The molecule has 0 saturated carbocycles. The Bertz CT molecular complexity index is 273. The zero-order valence-corrected chi connectivity index (χ0v) is 7.94. The number of aliphatic hydroxyl groups excluding tert-OH is 1. The molecule has 1 aromatic carbocycles. The molecular formula is C9H9Cl2O. The average Bonchev–Trinajstić information content (AvgIpc) is 2.08. The molecule has 12 heavy (non-hydrogen) atoms. The predicted octanol–water partition coefficient (Wildman–Crippen LogP) is 2.90. The minimum atomic E-state index is -0.139. The Morgan fingerprint density at radius 1 is 1.33 bits per heavy atom. The van der Waals surface area contributed by atoms with E-state index in [0.717, 1.165) is 5.56 Å². The molecule has 65 valence electrons. The molecule has 0 aromatic heterocycles. The van der Waals surface area contributed by atoms with Crippen molar-refractivity contribution in [2.24, 2.45) is 0 Å². The highest BCUT2D eigenvalue weighted by atomic mass is 35.5. The van der Waals surface area contributed by atoms with Gasteiger partial charge in [-0.1, -0.05) is 29.3 Å². The fourth-order valence-corrected chi connectivity index (χ4v) is 1.18. The molecule has 3 heteroatoms. The number of aliphatic hydroxyl groups is 1. The molecule has 0 fully saturated rings. The van der Waals surface area contributed by atoms with Crippen molar-refractivity contribution in [3.63, 3.8) is 0 Å². The molecule has 1 rings (SSSR count). The maximum absolute atomic E-state index is 8.81. The third-order valence-corrected chi connectivity index (χ3v) is 2.37.